The van der Waals surface area contributed by atoms with Crippen molar-refractivity contribution in [3.05, 3.63) is 10.1 Å². The van der Waals surface area contributed by atoms with Crippen LogP contribution in [0.4, 0.5) is 0 Å². The van der Waals surface area contributed by atoms with Crippen LogP contribution in [-0.4, -0.2) is 16.2 Å². The lowest BCUT2D eigenvalue weighted by molar-refractivity contribution is -0.528. The molecule has 3 atom stereocenters. The van der Waals surface area contributed by atoms with Gasteiger partial charge in [0.1, 0.15) is 0 Å². The lowest BCUT2D eigenvalue weighted by atomic mass is 9.83. The molecule has 1 aliphatic carbocycles. The molecule has 0 aromatic rings. The van der Waals surface area contributed by atoms with Gasteiger partial charge in [-0.15, -0.1) is 0 Å². The Kier molecular flexibility index (Phi) is 4.03. The molecule has 1 fully saturated rings. The third kappa shape index (κ3) is 3.55. The fourth-order valence-corrected chi connectivity index (χ4v) is 2.45. The molecule has 1 aliphatic rings. The molecule has 0 aromatic carbocycles. The van der Waals surface area contributed by atoms with Gasteiger partial charge >= 0.3 is 0 Å². The van der Waals surface area contributed by atoms with Crippen molar-refractivity contribution < 1.29 is 4.92 Å². The summed E-state index contributed by atoms with van der Waals surface area (Å²) in [7, 11) is 0. The maximum absolute atomic E-state index is 10.6. The molecule has 13 heavy (non-hydrogen) atoms. The zero-order valence-electron chi connectivity index (χ0n) is 7.98. The highest BCUT2D eigenvalue weighted by Crippen LogP contribution is 2.30. The summed E-state index contributed by atoms with van der Waals surface area (Å²) >= 11 is 4.32. The van der Waals surface area contributed by atoms with Crippen molar-refractivity contribution >= 4 is 12.6 Å². The lowest BCUT2D eigenvalue weighted by Crippen LogP contribution is -2.28. The zero-order valence-corrected chi connectivity index (χ0v) is 8.87. The van der Waals surface area contributed by atoms with E-state index in [1.165, 1.54) is 0 Å². The SMILES string of the molecule is CC(S)CC1CCCC([N+](=O)[O-])C1. The summed E-state index contributed by atoms with van der Waals surface area (Å²) in [6.45, 7) is 2.05. The summed E-state index contributed by atoms with van der Waals surface area (Å²) in [5.41, 5.74) is 0. The number of hydrogen-bond acceptors (Lipinski definition) is 3. The van der Waals surface area contributed by atoms with Crippen LogP contribution in [0.15, 0.2) is 0 Å². The summed E-state index contributed by atoms with van der Waals surface area (Å²) in [6.07, 6.45) is 4.71. The van der Waals surface area contributed by atoms with Crippen molar-refractivity contribution in [1.29, 1.82) is 0 Å². The summed E-state index contributed by atoms with van der Waals surface area (Å²) in [4.78, 5) is 10.5. The molecule has 0 amide bonds. The highest BCUT2D eigenvalue weighted by Gasteiger charge is 2.29. The van der Waals surface area contributed by atoms with E-state index in [1.807, 2.05) is 0 Å². The van der Waals surface area contributed by atoms with E-state index >= 15 is 0 Å². The number of nitro groups is 1. The van der Waals surface area contributed by atoms with Crippen molar-refractivity contribution in [2.75, 3.05) is 0 Å². The van der Waals surface area contributed by atoms with Gasteiger partial charge in [0, 0.05) is 17.8 Å². The summed E-state index contributed by atoms with van der Waals surface area (Å²) in [5.74, 6) is 0.525. The van der Waals surface area contributed by atoms with Crippen LogP contribution < -0.4 is 0 Å². The predicted molar refractivity (Wildman–Crippen MR) is 55.8 cm³/mol. The Morgan fingerprint density at radius 1 is 1.62 bits per heavy atom. The van der Waals surface area contributed by atoms with Crippen LogP contribution in [0.1, 0.15) is 39.0 Å². The Labute approximate surface area is 84.5 Å². The molecule has 0 aliphatic heterocycles. The third-order valence-electron chi connectivity index (χ3n) is 2.73. The molecule has 0 spiro atoms. The summed E-state index contributed by atoms with van der Waals surface area (Å²) in [6, 6.07) is -0.286. The summed E-state index contributed by atoms with van der Waals surface area (Å²) < 4.78 is 0. The Morgan fingerprint density at radius 2 is 2.31 bits per heavy atom. The average molecular weight is 203 g/mol. The van der Waals surface area contributed by atoms with Gasteiger partial charge in [-0.05, 0) is 30.4 Å². The molecule has 0 heterocycles. The van der Waals surface area contributed by atoms with E-state index < -0.39 is 0 Å². The van der Waals surface area contributed by atoms with Gasteiger partial charge in [0.25, 0.3) is 0 Å². The monoisotopic (exact) mass is 203 g/mol. The second-order valence-electron chi connectivity index (χ2n) is 4.06. The molecule has 0 N–H and O–H groups in total. The quantitative estimate of drug-likeness (QED) is 0.435. The minimum absolute atomic E-state index is 0.116. The maximum atomic E-state index is 10.6. The minimum atomic E-state index is -0.286. The lowest BCUT2D eigenvalue weighted by Gasteiger charge is -2.25. The van der Waals surface area contributed by atoms with Crippen molar-refractivity contribution in [1.82, 2.24) is 0 Å². The molecule has 3 unspecified atom stereocenters. The van der Waals surface area contributed by atoms with Crippen LogP contribution in [0.2, 0.25) is 0 Å². The molecule has 0 saturated heterocycles. The predicted octanol–water partition coefficient (Wildman–Crippen LogP) is 2.53. The zero-order chi connectivity index (χ0) is 9.84. The van der Waals surface area contributed by atoms with Crippen molar-refractivity contribution in [3.8, 4) is 0 Å². The first-order valence-corrected chi connectivity index (χ1v) is 5.42. The van der Waals surface area contributed by atoms with Crippen LogP contribution in [-0.2, 0) is 0 Å². The Morgan fingerprint density at radius 3 is 2.85 bits per heavy atom. The second-order valence-corrected chi connectivity index (χ2v) is 4.94. The van der Waals surface area contributed by atoms with Gasteiger partial charge in [-0.1, -0.05) is 6.92 Å². The van der Waals surface area contributed by atoms with Crippen LogP contribution in [0, 0.1) is 16.0 Å². The molecule has 0 aromatic heterocycles. The van der Waals surface area contributed by atoms with Crippen molar-refractivity contribution in [2.24, 2.45) is 5.92 Å². The number of rotatable bonds is 3. The number of hydrogen-bond donors (Lipinski definition) is 1. The van der Waals surface area contributed by atoms with Crippen molar-refractivity contribution in [2.45, 2.75) is 50.3 Å². The fourth-order valence-electron chi connectivity index (χ4n) is 2.15. The highest BCUT2D eigenvalue weighted by atomic mass is 32.1. The molecule has 0 radical (unpaired) electrons. The normalized spacial score (nSPS) is 31.2. The molecule has 0 bridgehead atoms. The standard InChI is InChI=1S/C9H17NO2S/c1-7(13)5-8-3-2-4-9(6-8)10(11)12/h7-9,13H,2-6H2,1H3. The molecule has 4 heteroatoms. The number of nitrogens with zero attached hydrogens (tertiary/aromatic N) is 1. The Bertz CT molecular complexity index is 184. The number of thiol groups is 1. The highest BCUT2D eigenvalue weighted by molar-refractivity contribution is 7.80. The first kappa shape index (κ1) is 10.8. The van der Waals surface area contributed by atoms with Gasteiger partial charge in [0.2, 0.25) is 6.04 Å². The van der Waals surface area contributed by atoms with E-state index in [0.717, 1.165) is 32.1 Å². The van der Waals surface area contributed by atoms with E-state index in [-0.39, 0.29) is 11.0 Å². The van der Waals surface area contributed by atoms with E-state index in [1.54, 1.807) is 0 Å². The third-order valence-corrected chi connectivity index (χ3v) is 2.94. The second kappa shape index (κ2) is 4.84. The molecule has 1 rings (SSSR count). The van der Waals surface area contributed by atoms with E-state index in [2.05, 4.69) is 19.6 Å². The van der Waals surface area contributed by atoms with Gasteiger partial charge in [0.05, 0.1) is 0 Å². The van der Waals surface area contributed by atoms with Gasteiger partial charge in [0.15, 0.2) is 0 Å². The van der Waals surface area contributed by atoms with Gasteiger partial charge in [-0.25, -0.2) is 0 Å². The Hall–Kier alpha value is -0.250. The van der Waals surface area contributed by atoms with E-state index in [0.29, 0.717) is 11.2 Å². The largest absolute Gasteiger partial charge is 0.264 e. The fraction of sp³-hybridized carbons (Fsp3) is 1.00. The maximum Gasteiger partial charge on any atom is 0.213 e. The molecule has 1 saturated carbocycles. The van der Waals surface area contributed by atoms with Crippen LogP contribution in [0.25, 0.3) is 0 Å². The molecular formula is C9H17NO2S. The molecule has 76 valence electrons. The van der Waals surface area contributed by atoms with Crippen LogP contribution >= 0.6 is 12.6 Å². The summed E-state index contributed by atoms with van der Waals surface area (Å²) in [5, 5.41) is 10.9. The van der Waals surface area contributed by atoms with E-state index in [9.17, 15) is 10.1 Å². The van der Waals surface area contributed by atoms with Gasteiger partial charge in [-0.2, -0.15) is 12.6 Å². The first-order chi connectivity index (χ1) is 6.09. The van der Waals surface area contributed by atoms with Crippen molar-refractivity contribution in [3.63, 3.8) is 0 Å². The molecule has 3 nitrogen and oxygen atoms in total. The Balaban J connectivity index is 2.37. The average Bonchev–Trinajstić information content (AvgIpc) is 2.03. The topological polar surface area (TPSA) is 43.1 Å². The van der Waals surface area contributed by atoms with Crippen LogP contribution in [0.5, 0.6) is 0 Å². The van der Waals surface area contributed by atoms with Crippen LogP contribution in [0.3, 0.4) is 0 Å². The smallest absolute Gasteiger partial charge is 0.213 e. The van der Waals surface area contributed by atoms with E-state index in [4.69, 9.17) is 0 Å². The minimum Gasteiger partial charge on any atom is -0.264 e. The van der Waals surface area contributed by atoms with Gasteiger partial charge < -0.3 is 0 Å². The van der Waals surface area contributed by atoms with Gasteiger partial charge in [-0.3, -0.25) is 10.1 Å². The molecular weight excluding hydrogens is 186 g/mol. The first-order valence-electron chi connectivity index (χ1n) is 4.91.